The zero-order chi connectivity index (χ0) is 13.8. The van der Waals surface area contributed by atoms with Gasteiger partial charge in [0.15, 0.2) is 0 Å². The fourth-order valence-corrected chi connectivity index (χ4v) is 1.88. The van der Waals surface area contributed by atoms with Crippen LogP contribution in [0.1, 0.15) is 45.8 Å². The van der Waals surface area contributed by atoms with Crippen LogP contribution in [0.25, 0.3) is 0 Å². The highest BCUT2D eigenvalue weighted by molar-refractivity contribution is 5.36. The fourth-order valence-electron chi connectivity index (χ4n) is 1.88. The van der Waals surface area contributed by atoms with Crippen molar-refractivity contribution in [2.24, 2.45) is 5.73 Å². The highest BCUT2D eigenvalue weighted by Gasteiger charge is 2.27. The number of ether oxygens (including phenoxy) is 2. The Morgan fingerprint density at radius 1 is 1.22 bits per heavy atom. The van der Waals surface area contributed by atoms with Crippen LogP contribution in [-0.4, -0.2) is 18.8 Å². The first-order chi connectivity index (χ1) is 8.39. The van der Waals surface area contributed by atoms with Crippen molar-refractivity contribution in [3.63, 3.8) is 0 Å². The molecule has 0 saturated carbocycles. The van der Waals surface area contributed by atoms with Crippen molar-refractivity contribution in [1.82, 2.24) is 0 Å². The molecule has 0 radical (unpaired) electrons. The topological polar surface area (TPSA) is 44.5 Å². The Hall–Kier alpha value is -1.06. The fraction of sp³-hybridized carbons (Fsp3) is 0.600. The lowest BCUT2D eigenvalue weighted by Crippen LogP contribution is -2.35. The molecule has 3 heteroatoms. The lowest BCUT2D eigenvalue weighted by molar-refractivity contribution is -0.0735. The van der Waals surface area contributed by atoms with Gasteiger partial charge in [-0.3, -0.25) is 0 Å². The van der Waals surface area contributed by atoms with Crippen LogP contribution in [0.15, 0.2) is 24.3 Å². The third-order valence-electron chi connectivity index (χ3n) is 2.79. The van der Waals surface area contributed by atoms with Gasteiger partial charge < -0.3 is 15.2 Å². The number of hydrogen-bond acceptors (Lipinski definition) is 3. The van der Waals surface area contributed by atoms with Crippen molar-refractivity contribution >= 4 is 0 Å². The molecule has 0 aliphatic carbocycles. The Balaban J connectivity index is 3.09. The summed E-state index contributed by atoms with van der Waals surface area (Å²) in [5.41, 5.74) is 6.98. The Bertz CT molecular complexity index is 371. The normalized spacial score (nSPS) is 15.2. The van der Waals surface area contributed by atoms with Crippen LogP contribution < -0.4 is 10.5 Å². The first-order valence-corrected chi connectivity index (χ1v) is 6.45. The van der Waals surface area contributed by atoms with Crippen molar-refractivity contribution in [2.45, 2.75) is 51.9 Å². The lowest BCUT2D eigenvalue weighted by atomic mass is 9.98. The molecule has 2 atom stereocenters. The molecule has 0 aliphatic heterocycles. The first kappa shape index (κ1) is 15.0. The van der Waals surface area contributed by atoms with E-state index in [2.05, 4.69) is 6.92 Å². The Kier molecular flexibility index (Phi) is 5.17. The van der Waals surface area contributed by atoms with Crippen LogP contribution in [0.5, 0.6) is 5.75 Å². The third kappa shape index (κ3) is 4.00. The molecule has 0 fully saturated rings. The van der Waals surface area contributed by atoms with Crippen LogP contribution in [0, 0.1) is 0 Å². The summed E-state index contributed by atoms with van der Waals surface area (Å²) in [6, 6.07) is 7.86. The van der Waals surface area contributed by atoms with E-state index in [4.69, 9.17) is 15.2 Å². The van der Waals surface area contributed by atoms with Crippen LogP contribution in [0.4, 0.5) is 0 Å². The molecular formula is C15H25NO2. The summed E-state index contributed by atoms with van der Waals surface area (Å²) in [5, 5.41) is 0. The van der Waals surface area contributed by atoms with E-state index in [0.717, 1.165) is 17.7 Å². The molecule has 0 heterocycles. The highest BCUT2D eigenvalue weighted by atomic mass is 16.5. The molecule has 2 N–H and O–H groups in total. The zero-order valence-corrected chi connectivity index (χ0v) is 12.1. The molecule has 18 heavy (non-hydrogen) atoms. The zero-order valence-electron chi connectivity index (χ0n) is 12.1. The van der Waals surface area contributed by atoms with E-state index < -0.39 is 0 Å². The van der Waals surface area contributed by atoms with Crippen molar-refractivity contribution in [3.05, 3.63) is 29.8 Å². The molecule has 3 nitrogen and oxygen atoms in total. The van der Waals surface area contributed by atoms with E-state index >= 15 is 0 Å². The predicted octanol–water partition coefficient (Wildman–Crippen LogP) is 3.29. The van der Waals surface area contributed by atoms with E-state index in [-0.39, 0.29) is 17.7 Å². The number of rotatable bonds is 5. The van der Waals surface area contributed by atoms with Gasteiger partial charge in [-0.1, -0.05) is 25.1 Å². The highest BCUT2D eigenvalue weighted by Crippen LogP contribution is 2.33. The summed E-state index contributed by atoms with van der Waals surface area (Å²) in [7, 11) is 1.67. The van der Waals surface area contributed by atoms with Crippen LogP contribution in [-0.2, 0) is 4.74 Å². The van der Waals surface area contributed by atoms with Crippen molar-refractivity contribution < 1.29 is 9.47 Å². The molecule has 0 bridgehead atoms. The van der Waals surface area contributed by atoms with Crippen molar-refractivity contribution in [2.75, 3.05) is 7.11 Å². The third-order valence-corrected chi connectivity index (χ3v) is 2.79. The van der Waals surface area contributed by atoms with Gasteiger partial charge in [0.05, 0.1) is 12.7 Å². The van der Waals surface area contributed by atoms with Crippen LogP contribution in [0.2, 0.25) is 0 Å². The standard InChI is InChI=1S/C15H25NO2/c1-6-12(16)14(18-15(2,3)4)11-9-7-8-10-13(11)17-5/h7-10,12,14H,6,16H2,1-5H3. The maximum absolute atomic E-state index is 6.20. The van der Waals surface area contributed by atoms with E-state index in [0.29, 0.717) is 0 Å². The van der Waals surface area contributed by atoms with Gasteiger partial charge in [-0.05, 0) is 33.3 Å². The number of hydrogen-bond donors (Lipinski definition) is 1. The summed E-state index contributed by atoms with van der Waals surface area (Å²) in [4.78, 5) is 0. The summed E-state index contributed by atoms with van der Waals surface area (Å²) < 4.78 is 11.5. The summed E-state index contributed by atoms with van der Waals surface area (Å²) in [6.07, 6.45) is 0.713. The molecule has 0 aromatic heterocycles. The molecule has 0 amide bonds. The second kappa shape index (κ2) is 6.21. The minimum absolute atomic E-state index is 0.0412. The van der Waals surface area contributed by atoms with Crippen molar-refractivity contribution in [1.29, 1.82) is 0 Å². The van der Waals surface area contributed by atoms with Gasteiger partial charge in [0, 0.05) is 11.6 Å². The predicted molar refractivity (Wildman–Crippen MR) is 74.8 cm³/mol. The number of nitrogens with two attached hydrogens (primary N) is 1. The SMILES string of the molecule is CCC(N)C(OC(C)(C)C)c1ccccc1OC. The lowest BCUT2D eigenvalue weighted by Gasteiger charge is -2.32. The number of para-hydroxylation sites is 1. The number of benzene rings is 1. The summed E-state index contributed by atoms with van der Waals surface area (Å²) in [6.45, 7) is 8.19. The van der Waals surface area contributed by atoms with E-state index in [1.165, 1.54) is 0 Å². The smallest absolute Gasteiger partial charge is 0.124 e. The minimum atomic E-state index is -0.238. The van der Waals surface area contributed by atoms with Gasteiger partial charge in [0.2, 0.25) is 0 Å². The average molecular weight is 251 g/mol. The quantitative estimate of drug-likeness (QED) is 0.873. The number of methoxy groups -OCH3 is 1. The Labute approximate surface area is 110 Å². The summed E-state index contributed by atoms with van der Waals surface area (Å²) in [5.74, 6) is 0.829. The second-order valence-electron chi connectivity index (χ2n) is 5.46. The van der Waals surface area contributed by atoms with E-state index in [1.807, 2.05) is 45.0 Å². The van der Waals surface area contributed by atoms with E-state index in [9.17, 15) is 0 Å². The molecule has 1 rings (SSSR count). The Morgan fingerprint density at radius 3 is 2.33 bits per heavy atom. The maximum atomic E-state index is 6.20. The van der Waals surface area contributed by atoms with Crippen LogP contribution >= 0.6 is 0 Å². The molecule has 0 saturated heterocycles. The molecule has 1 aromatic rings. The van der Waals surface area contributed by atoms with Gasteiger partial charge in [-0.15, -0.1) is 0 Å². The van der Waals surface area contributed by atoms with Gasteiger partial charge in [0.25, 0.3) is 0 Å². The van der Waals surface area contributed by atoms with Gasteiger partial charge in [0.1, 0.15) is 11.9 Å². The average Bonchev–Trinajstić information content (AvgIpc) is 2.34. The van der Waals surface area contributed by atoms with Crippen LogP contribution in [0.3, 0.4) is 0 Å². The molecule has 2 unspecified atom stereocenters. The second-order valence-corrected chi connectivity index (χ2v) is 5.46. The van der Waals surface area contributed by atoms with Gasteiger partial charge in [-0.2, -0.15) is 0 Å². The molecule has 0 spiro atoms. The van der Waals surface area contributed by atoms with Gasteiger partial charge in [-0.25, -0.2) is 0 Å². The monoisotopic (exact) mass is 251 g/mol. The molecule has 1 aromatic carbocycles. The largest absolute Gasteiger partial charge is 0.496 e. The molecule has 0 aliphatic rings. The first-order valence-electron chi connectivity index (χ1n) is 6.45. The van der Waals surface area contributed by atoms with E-state index in [1.54, 1.807) is 7.11 Å². The van der Waals surface area contributed by atoms with Gasteiger partial charge >= 0.3 is 0 Å². The van der Waals surface area contributed by atoms with Crippen molar-refractivity contribution in [3.8, 4) is 5.75 Å². The molecular weight excluding hydrogens is 226 g/mol. The Morgan fingerprint density at radius 2 is 1.83 bits per heavy atom. The maximum Gasteiger partial charge on any atom is 0.124 e. The molecule has 102 valence electrons. The minimum Gasteiger partial charge on any atom is -0.496 e. The summed E-state index contributed by atoms with van der Waals surface area (Å²) >= 11 is 0.